The van der Waals surface area contributed by atoms with Gasteiger partial charge < -0.3 is 9.84 Å². The van der Waals surface area contributed by atoms with Crippen LogP contribution < -0.4 is 4.74 Å². The molecule has 0 saturated carbocycles. The zero-order chi connectivity index (χ0) is 10.8. The third kappa shape index (κ3) is 2.43. The maximum absolute atomic E-state index is 8.92. The molecule has 0 unspecified atom stereocenters. The molecule has 0 aromatic heterocycles. The fraction of sp³-hybridized carbons (Fsp3) is 0.455. The number of aliphatic hydroxyl groups excluding tert-OH is 1. The van der Waals surface area contributed by atoms with E-state index in [-0.39, 0.29) is 12.7 Å². The first-order chi connectivity index (χ1) is 7.19. The highest BCUT2D eigenvalue weighted by atomic mass is 35.5. The van der Waals surface area contributed by atoms with Gasteiger partial charge in [-0.15, -0.1) is 0 Å². The predicted octanol–water partition coefficient (Wildman–Crippen LogP) is 1.53. The van der Waals surface area contributed by atoms with E-state index >= 15 is 0 Å². The van der Waals surface area contributed by atoms with Gasteiger partial charge in [0.1, 0.15) is 11.9 Å². The lowest BCUT2D eigenvalue weighted by molar-refractivity contribution is 0.0389. The highest BCUT2D eigenvalue weighted by Crippen LogP contribution is 2.27. The van der Waals surface area contributed by atoms with Crippen LogP contribution in [0.2, 0.25) is 5.02 Å². The molecule has 1 heterocycles. The summed E-state index contributed by atoms with van der Waals surface area (Å²) in [6, 6.07) is 5.37. The summed E-state index contributed by atoms with van der Waals surface area (Å²) in [6.07, 6.45) is 0.243. The smallest absolute Gasteiger partial charge is 0.138 e. The zero-order valence-electron chi connectivity index (χ0n) is 8.61. The van der Waals surface area contributed by atoms with E-state index in [2.05, 4.69) is 11.9 Å². The fourth-order valence-corrected chi connectivity index (χ4v) is 1.88. The molecule has 0 atom stereocenters. The summed E-state index contributed by atoms with van der Waals surface area (Å²) < 4.78 is 5.70. The van der Waals surface area contributed by atoms with Crippen LogP contribution in [0.25, 0.3) is 0 Å². The Morgan fingerprint density at radius 1 is 1.53 bits per heavy atom. The summed E-state index contributed by atoms with van der Waals surface area (Å²) in [7, 11) is 2.05. The van der Waals surface area contributed by atoms with Crippen LogP contribution in [-0.2, 0) is 6.61 Å². The van der Waals surface area contributed by atoms with Crippen LogP contribution in [0.1, 0.15) is 5.56 Å². The maximum atomic E-state index is 8.92. The van der Waals surface area contributed by atoms with Crippen LogP contribution in [0.3, 0.4) is 0 Å². The van der Waals surface area contributed by atoms with Crippen molar-refractivity contribution in [2.75, 3.05) is 20.1 Å². The average Bonchev–Trinajstić information content (AvgIpc) is 2.18. The number of ether oxygens (including phenoxy) is 1. The molecule has 15 heavy (non-hydrogen) atoms. The molecule has 1 N–H and O–H groups in total. The molecule has 3 nitrogen and oxygen atoms in total. The quantitative estimate of drug-likeness (QED) is 0.850. The number of likely N-dealkylation sites (N-methyl/N-ethyl adjacent to an activating group) is 1. The fourth-order valence-electron chi connectivity index (χ4n) is 1.63. The Morgan fingerprint density at radius 2 is 2.27 bits per heavy atom. The largest absolute Gasteiger partial charge is 0.486 e. The van der Waals surface area contributed by atoms with Crippen LogP contribution in [0.15, 0.2) is 18.2 Å². The Kier molecular flexibility index (Phi) is 3.14. The molecule has 1 aliphatic heterocycles. The van der Waals surface area contributed by atoms with E-state index in [9.17, 15) is 0 Å². The van der Waals surface area contributed by atoms with Crippen molar-refractivity contribution in [3.63, 3.8) is 0 Å². The lowest BCUT2D eigenvalue weighted by Gasteiger charge is -2.36. The summed E-state index contributed by atoms with van der Waals surface area (Å²) in [6.45, 7) is 1.89. The highest BCUT2D eigenvalue weighted by molar-refractivity contribution is 6.32. The van der Waals surface area contributed by atoms with E-state index in [1.165, 1.54) is 0 Å². The van der Waals surface area contributed by atoms with Crippen LogP contribution in [0.5, 0.6) is 5.75 Å². The number of hydrogen-bond donors (Lipinski definition) is 1. The summed E-state index contributed by atoms with van der Waals surface area (Å²) in [5.41, 5.74) is 0.804. The van der Waals surface area contributed by atoms with Crippen LogP contribution in [0.4, 0.5) is 0 Å². The van der Waals surface area contributed by atoms with Gasteiger partial charge >= 0.3 is 0 Å². The number of nitrogens with zero attached hydrogens (tertiary/aromatic N) is 1. The molecule has 82 valence electrons. The van der Waals surface area contributed by atoms with Crippen molar-refractivity contribution in [2.45, 2.75) is 12.7 Å². The molecular formula is C11H14ClNO2. The Labute approximate surface area is 94.2 Å². The second-order valence-electron chi connectivity index (χ2n) is 3.88. The molecule has 0 radical (unpaired) electrons. The standard InChI is InChI=1S/C11H14ClNO2/c1-13-5-9(6-13)15-11-3-2-8(7-14)4-10(11)12/h2-4,9,14H,5-7H2,1H3. The van der Waals surface area contributed by atoms with Crippen molar-refractivity contribution in [1.29, 1.82) is 0 Å². The van der Waals surface area contributed by atoms with Crippen molar-refractivity contribution in [2.24, 2.45) is 0 Å². The van der Waals surface area contributed by atoms with E-state index in [1.807, 2.05) is 12.1 Å². The minimum atomic E-state index is 0.00612. The number of aliphatic hydroxyl groups is 1. The number of halogens is 1. The molecule has 0 bridgehead atoms. The molecule has 0 spiro atoms. The molecule has 1 saturated heterocycles. The Hall–Kier alpha value is -0.770. The second-order valence-corrected chi connectivity index (χ2v) is 4.29. The first-order valence-corrected chi connectivity index (χ1v) is 5.31. The van der Waals surface area contributed by atoms with Crippen molar-refractivity contribution >= 4 is 11.6 Å². The minimum absolute atomic E-state index is 0.00612. The summed E-state index contributed by atoms with van der Waals surface area (Å²) in [5.74, 6) is 0.701. The first kappa shape index (κ1) is 10.7. The normalized spacial score (nSPS) is 17.5. The first-order valence-electron chi connectivity index (χ1n) is 4.93. The van der Waals surface area contributed by atoms with Gasteiger partial charge in [-0.3, -0.25) is 4.90 Å². The van der Waals surface area contributed by atoms with Crippen molar-refractivity contribution in [1.82, 2.24) is 4.90 Å². The second kappa shape index (κ2) is 4.39. The van der Waals surface area contributed by atoms with E-state index in [4.69, 9.17) is 21.4 Å². The van der Waals surface area contributed by atoms with Crippen LogP contribution in [0, 0.1) is 0 Å². The Balaban J connectivity index is 2.02. The summed E-state index contributed by atoms with van der Waals surface area (Å²) in [4.78, 5) is 2.18. The summed E-state index contributed by atoms with van der Waals surface area (Å²) in [5, 5.41) is 9.49. The van der Waals surface area contributed by atoms with Gasteiger partial charge in [0.2, 0.25) is 0 Å². The molecule has 1 aromatic carbocycles. The van der Waals surface area contributed by atoms with Gasteiger partial charge in [0, 0.05) is 13.1 Å². The van der Waals surface area contributed by atoms with Crippen molar-refractivity contribution in [3.05, 3.63) is 28.8 Å². The van der Waals surface area contributed by atoms with Gasteiger partial charge in [-0.1, -0.05) is 17.7 Å². The average molecular weight is 228 g/mol. The Morgan fingerprint density at radius 3 is 2.80 bits per heavy atom. The molecule has 2 rings (SSSR count). The number of likely N-dealkylation sites (tertiary alicyclic amines) is 1. The maximum Gasteiger partial charge on any atom is 0.138 e. The van der Waals surface area contributed by atoms with Gasteiger partial charge in [0.05, 0.1) is 11.6 Å². The van der Waals surface area contributed by atoms with Gasteiger partial charge in [-0.2, -0.15) is 0 Å². The molecule has 0 amide bonds. The highest BCUT2D eigenvalue weighted by Gasteiger charge is 2.25. The number of benzene rings is 1. The number of hydrogen-bond acceptors (Lipinski definition) is 3. The van der Waals surface area contributed by atoms with Crippen LogP contribution >= 0.6 is 11.6 Å². The minimum Gasteiger partial charge on any atom is -0.486 e. The van der Waals surface area contributed by atoms with Gasteiger partial charge in [-0.05, 0) is 24.7 Å². The van der Waals surface area contributed by atoms with E-state index in [1.54, 1.807) is 6.07 Å². The topological polar surface area (TPSA) is 32.7 Å². The lowest BCUT2D eigenvalue weighted by Crippen LogP contribution is -2.51. The Bertz CT molecular complexity index is 350. The molecule has 1 aromatic rings. The van der Waals surface area contributed by atoms with E-state index in [0.29, 0.717) is 10.8 Å². The summed E-state index contributed by atoms with van der Waals surface area (Å²) >= 11 is 6.02. The molecule has 4 heteroatoms. The molecule has 0 aliphatic carbocycles. The zero-order valence-corrected chi connectivity index (χ0v) is 9.37. The molecular weight excluding hydrogens is 214 g/mol. The SMILES string of the molecule is CN1CC(Oc2ccc(CO)cc2Cl)C1. The predicted molar refractivity (Wildman–Crippen MR) is 59.3 cm³/mol. The van der Waals surface area contributed by atoms with Crippen molar-refractivity contribution in [3.8, 4) is 5.75 Å². The third-order valence-corrected chi connectivity index (χ3v) is 2.80. The van der Waals surface area contributed by atoms with Gasteiger partial charge in [-0.25, -0.2) is 0 Å². The van der Waals surface area contributed by atoms with E-state index < -0.39 is 0 Å². The van der Waals surface area contributed by atoms with E-state index in [0.717, 1.165) is 18.7 Å². The molecule has 1 fully saturated rings. The van der Waals surface area contributed by atoms with Crippen molar-refractivity contribution < 1.29 is 9.84 Å². The van der Waals surface area contributed by atoms with Gasteiger partial charge in [0.25, 0.3) is 0 Å². The molecule has 1 aliphatic rings. The number of rotatable bonds is 3. The monoisotopic (exact) mass is 227 g/mol. The van der Waals surface area contributed by atoms with Crippen LogP contribution in [-0.4, -0.2) is 36.2 Å². The third-order valence-electron chi connectivity index (χ3n) is 2.50. The lowest BCUT2D eigenvalue weighted by atomic mass is 10.2. The van der Waals surface area contributed by atoms with Gasteiger partial charge in [0.15, 0.2) is 0 Å².